The molecule has 0 saturated heterocycles. The van der Waals surface area contributed by atoms with Gasteiger partial charge < -0.3 is 14.7 Å². The maximum atomic E-state index is 12.0. The molecule has 7 heteroatoms. The second kappa shape index (κ2) is 6.41. The van der Waals surface area contributed by atoms with Crippen LogP contribution in [0.5, 0.6) is 0 Å². The number of rotatable bonds is 4. The number of amides is 2. The van der Waals surface area contributed by atoms with Crippen LogP contribution in [0.2, 0.25) is 0 Å². The van der Waals surface area contributed by atoms with E-state index in [9.17, 15) is 4.79 Å². The van der Waals surface area contributed by atoms with E-state index < -0.39 is 0 Å². The lowest BCUT2D eigenvalue weighted by atomic mass is 10.2. The molecule has 0 spiro atoms. The number of aryl methyl sites for hydroxylation is 2. The van der Waals surface area contributed by atoms with E-state index in [2.05, 4.69) is 26.4 Å². The highest BCUT2D eigenvalue weighted by atomic mass is 79.9. The summed E-state index contributed by atoms with van der Waals surface area (Å²) in [6.07, 6.45) is 0. The van der Waals surface area contributed by atoms with Crippen molar-refractivity contribution in [1.82, 2.24) is 15.4 Å². The Bertz CT molecular complexity index is 589. The number of aromatic nitrogens is 1. The molecular formula is C13H16BrN3O2S. The molecule has 1 N–H and O–H groups in total. The number of thiophene rings is 1. The van der Waals surface area contributed by atoms with Crippen molar-refractivity contribution >= 4 is 33.3 Å². The number of carbonyl (C=O) groups excluding carboxylic acids is 1. The first-order valence-corrected chi connectivity index (χ1v) is 7.78. The van der Waals surface area contributed by atoms with Crippen LogP contribution in [0.1, 0.15) is 21.9 Å². The van der Waals surface area contributed by atoms with Gasteiger partial charge in [-0.3, -0.25) is 0 Å². The molecule has 108 valence electrons. The van der Waals surface area contributed by atoms with Crippen molar-refractivity contribution in [2.45, 2.75) is 26.9 Å². The molecule has 20 heavy (non-hydrogen) atoms. The zero-order valence-electron chi connectivity index (χ0n) is 11.6. The number of hydrogen-bond acceptors (Lipinski definition) is 4. The van der Waals surface area contributed by atoms with E-state index >= 15 is 0 Å². The van der Waals surface area contributed by atoms with Crippen LogP contribution >= 0.6 is 27.3 Å². The van der Waals surface area contributed by atoms with Gasteiger partial charge in [0.05, 0.1) is 18.8 Å². The van der Waals surface area contributed by atoms with Gasteiger partial charge in [0.1, 0.15) is 5.76 Å². The minimum absolute atomic E-state index is 0.116. The summed E-state index contributed by atoms with van der Waals surface area (Å²) in [5.74, 6) is 0.754. The Kier molecular flexibility index (Phi) is 4.82. The van der Waals surface area contributed by atoms with Crippen molar-refractivity contribution in [3.05, 3.63) is 37.8 Å². The quantitative estimate of drug-likeness (QED) is 0.911. The van der Waals surface area contributed by atoms with Gasteiger partial charge in [-0.15, -0.1) is 11.3 Å². The number of nitrogens with zero attached hydrogens (tertiary/aromatic N) is 2. The molecule has 2 heterocycles. The Hall–Kier alpha value is -1.34. The highest BCUT2D eigenvalue weighted by Gasteiger charge is 2.15. The third-order valence-electron chi connectivity index (χ3n) is 2.96. The molecule has 0 aliphatic rings. The fraction of sp³-hybridized carbons (Fsp3) is 0.385. The summed E-state index contributed by atoms with van der Waals surface area (Å²) in [5.41, 5.74) is 1.78. The van der Waals surface area contributed by atoms with Gasteiger partial charge >= 0.3 is 6.03 Å². The molecule has 2 amide bonds. The van der Waals surface area contributed by atoms with E-state index in [1.807, 2.05) is 25.3 Å². The lowest BCUT2D eigenvalue weighted by Crippen LogP contribution is -2.36. The Morgan fingerprint density at radius 2 is 2.30 bits per heavy atom. The summed E-state index contributed by atoms with van der Waals surface area (Å²) in [5, 5.41) is 8.77. The lowest BCUT2D eigenvalue weighted by molar-refractivity contribution is 0.206. The van der Waals surface area contributed by atoms with E-state index in [0.29, 0.717) is 13.1 Å². The van der Waals surface area contributed by atoms with Crippen LogP contribution in [-0.4, -0.2) is 23.1 Å². The van der Waals surface area contributed by atoms with Crippen LogP contribution in [0.3, 0.4) is 0 Å². The maximum absolute atomic E-state index is 12.0. The molecule has 0 aromatic carbocycles. The normalized spacial score (nSPS) is 10.6. The summed E-state index contributed by atoms with van der Waals surface area (Å²) in [6, 6.07) is 1.88. The SMILES string of the molecule is Cc1noc(C)c1CN(C)C(=O)NCc1cc(Br)cs1. The first-order valence-electron chi connectivity index (χ1n) is 6.11. The van der Waals surface area contributed by atoms with Gasteiger partial charge in [-0.2, -0.15) is 0 Å². The van der Waals surface area contributed by atoms with Crippen LogP contribution in [0.4, 0.5) is 4.79 Å². The first kappa shape index (κ1) is 15.1. The minimum atomic E-state index is -0.116. The second-order valence-corrected chi connectivity index (χ2v) is 6.46. The highest BCUT2D eigenvalue weighted by Crippen LogP contribution is 2.19. The Labute approximate surface area is 130 Å². The number of hydrogen-bond donors (Lipinski definition) is 1. The van der Waals surface area contributed by atoms with Gasteiger partial charge in [0, 0.05) is 27.3 Å². The highest BCUT2D eigenvalue weighted by molar-refractivity contribution is 9.10. The summed E-state index contributed by atoms with van der Waals surface area (Å²) < 4.78 is 6.13. The number of nitrogens with one attached hydrogen (secondary N) is 1. The number of urea groups is 1. The molecular weight excluding hydrogens is 342 g/mol. The van der Waals surface area contributed by atoms with Gasteiger partial charge in [-0.1, -0.05) is 5.16 Å². The summed E-state index contributed by atoms with van der Waals surface area (Å²) in [6.45, 7) is 4.74. The van der Waals surface area contributed by atoms with E-state index in [4.69, 9.17) is 4.52 Å². The van der Waals surface area contributed by atoms with Crippen LogP contribution < -0.4 is 5.32 Å². The maximum Gasteiger partial charge on any atom is 0.317 e. The van der Waals surface area contributed by atoms with Crippen LogP contribution in [0.15, 0.2) is 20.4 Å². The topological polar surface area (TPSA) is 58.4 Å². The summed E-state index contributed by atoms with van der Waals surface area (Å²) in [4.78, 5) is 14.8. The zero-order chi connectivity index (χ0) is 14.7. The van der Waals surface area contributed by atoms with Gasteiger partial charge in [0.25, 0.3) is 0 Å². The Balaban J connectivity index is 1.89. The van der Waals surface area contributed by atoms with Gasteiger partial charge in [-0.05, 0) is 35.8 Å². The van der Waals surface area contributed by atoms with Crippen molar-refractivity contribution in [3.8, 4) is 0 Å². The third kappa shape index (κ3) is 3.61. The molecule has 2 aromatic heterocycles. The Morgan fingerprint density at radius 3 is 2.85 bits per heavy atom. The van der Waals surface area contributed by atoms with Gasteiger partial charge in [-0.25, -0.2) is 4.79 Å². The van der Waals surface area contributed by atoms with E-state index in [1.165, 1.54) is 0 Å². The minimum Gasteiger partial charge on any atom is -0.361 e. The monoisotopic (exact) mass is 357 g/mol. The molecule has 0 radical (unpaired) electrons. The molecule has 0 unspecified atom stereocenters. The fourth-order valence-corrected chi connectivity index (χ4v) is 3.17. The van der Waals surface area contributed by atoms with Crippen molar-refractivity contribution in [3.63, 3.8) is 0 Å². The molecule has 0 aliphatic carbocycles. The second-order valence-electron chi connectivity index (χ2n) is 4.55. The van der Waals surface area contributed by atoms with Crippen molar-refractivity contribution < 1.29 is 9.32 Å². The zero-order valence-corrected chi connectivity index (χ0v) is 14.0. The lowest BCUT2D eigenvalue weighted by Gasteiger charge is -2.17. The average Bonchev–Trinajstić information content (AvgIpc) is 2.96. The third-order valence-corrected chi connectivity index (χ3v) is 4.66. The molecule has 2 rings (SSSR count). The summed E-state index contributed by atoms with van der Waals surface area (Å²) >= 11 is 5.00. The standard InChI is InChI=1S/C13H16BrN3O2S/c1-8-12(9(2)19-16-8)6-17(3)13(18)15-5-11-4-10(14)7-20-11/h4,7H,5-6H2,1-3H3,(H,15,18). The molecule has 5 nitrogen and oxygen atoms in total. The van der Waals surface area contributed by atoms with Gasteiger partial charge in [0.2, 0.25) is 0 Å². The predicted molar refractivity (Wildman–Crippen MR) is 81.7 cm³/mol. The molecule has 0 fully saturated rings. The molecule has 0 atom stereocenters. The molecule has 0 aliphatic heterocycles. The van der Waals surface area contributed by atoms with Crippen molar-refractivity contribution in [2.75, 3.05) is 7.05 Å². The van der Waals surface area contributed by atoms with E-state index in [1.54, 1.807) is 23.3 Å². The van der Waals surface area contributed by atoms with E-state index in [-0.39, 0.29) is 6.03 Å². The Morgan fingerprint density at radius 1 is 1.55 bits per heavy atom. The van der Waals surface area contributed by atoms with Crippen molar-refractivity contribution in [2.24, 2.45) is 0 Å². The molecule has 0 bridgehead atoms. The fourth-order valence-electron chi connectivity index (χ4n) is 1.78. The predicted octanol–water partition coefficient (Wildman–Crippen LogP) is 3.46. The van der Waals surface area contributed by atoms with Crippen LogP contribution in [0, 0.1) is 13.8 Å². The number of carbonyl (C=O) groups is 1. The van der Waals surface area contributed by atoms with E-state index in [0.717, 1.165) is 26.4 Å². The molecule has 0 saturated carbocycles. The molecule has 2 aromatic rings. The summed E-state index contributed by atoms with van der Waals surface area (Å²) in [7, 11) is 1.76. The van der Waals surface area contributed by atoms with Gasteiger partial charge in [0.15, 0.2) is 0 Å². The largest absolute Gasteiger partial charge is 0.361 e. The van der Waals surface area contributed by atoms with Crippen LogP contribution in [0.25, 0.3) is 0 Å². The number of halogens is 1. The smallest absolute Gasteiger partial charge is 0.317 e. The average molecular weight is 358 g/mol. The van der Waals surface area contributed by atoms with Crippen LogP contribution in [-0.2, 0) is 13.1 Å². The van der Waals surface area contributed by atoms with Crippen molar-refractivity contribution in [1.29, 1.82) is 0 Å². The first-order chi connectivity index (χ1) is 9.47.